The first kappa shape index (κ1) is 13.2. The van der Waals surface area contributed by atoms with Crippen molar-refractivity contribution in [1.29, 1.82) is 0 Å². The van der Waals surface area contributed by atoms with E-state index in [2.05, 4.69) is 40.3 Å². The van der Waals surface area contributed by atoms with Crippen molar-refractivity contribution in [2.24, 2.45) is 17.8 Å². The van der Waals surface area contributed by atoms with Crippen molar-refractivity contribution in [1.82, 2.24) is 5.32 Å². The van der Waals surface area contributed by atoms with Crippen LogP contribution in [0.2, 0.25) is 0 Å². The van der Waals surface area contributed by atoms with Gasteiger partial charge in [0, 0.05) is 11.2 Å². The zero-order chi connectivity index (χ0) is 13.5. The molecule has 1 aromatic rings. The highest BCUT2D eigenvalue weighted by atomic mass is 79.9. The van der Waals surface area contributed by atoms with Gasteiger partial charge in [0.25, 0.3) is 0 Å². The zero-order valence-corrected chi connectivity index (χ0v) is 12.8. The van der Waals surface area contributed by atoms with Gasteiger partial charge in [-0.15, -0.1) is 0 Å². The lowest BCUT2D eigenvalue weighted by molar-refractivity contribution is -0.124. The lowest BCUT2D eigenvalue weighted by Gasteiger charge is -2.30. The molecule has 3 unspecified atom stereocenters. The standard InChI is InChI=1S/C16H20BrNO/c1-16(10-17,11-6-3-2-4-7-11)18-15(19)14-12-8-5-9-13(12)14/h2-4,6-7,12-14H,5,8-10H2,1H3,(H,18,19). The Morgan fingerprint density at radius 1 is 1.32 bits per heavy atom. The smallest absolute Gasteiger partial charge is 0.224 e. The van der Waals surface area contributed by atoms with Crippen LogP contribution in [0.3, 0.4) is 0 Å². The van der Waals surface area contributed by atoms with Crippen LogP contribution in [-0.4, -0.2) is 11.2 Å². The molecule has 3 rings (SSSR count). The third-order valence-corrected chi connectivity index (χ3v) is 5.91. The number of rotatable bonds is 4. The van der Waals surface area contributed by atoms with Gasteiger partial charge in [0.1, 0.15) is 0 Å². The summed E-state index contributed by atoms with van der Waals surface area (Å²) in [6, 6.07) is 10.2. The van der Waals surface area contributed by atoms with Crippen LogP contribution >= 0.6 is 15.9 Å². The highest BCUT2D eigenvalue weighted by Gasteiger charge is 2.57. The Labute approximate surface area is 123 Å². The molecule has 19 heavy (non-hydrogen) atoms. The molecular weight excluding hydrogens is 302 g/mol. The molecule has 0 heterocycles. The fourth-order valence-corrected chi connectivity index (χ4v) is 4.02. The van der Waals surface area contributed by atoms with Gasteiger partial charge in [-0.2, -0.15) is 0 Å². The molecule has 2 fully saturated rings. The quantitative estimate of drug-likeness (QED) is 0.845. The van der Waals surface area contributed by atoms with E-state index in [9.17, 15) is 4.79 Å². The number of benzene rings is 1. The van der Waals surface area contributed by atoms with Gasteiger partial charge in [-0.05, 0) is 37.2 Å². The van der Waals surface area contributed by atoms with E-state index in [0.717, 1.165) is 10.9 Å². The number of hydrogen-bond acceptors (Lipinski definition) is 1. The maximum Gasteiger partial charge on any atom is 0.224 e. The first-order valence-corrected chi connectivity index (χ1v) is 8.21. The molecule has 0 radical (unpaired) electrons. The van der Waals surface area contributed by atoms with Crippen molar-refractivity contribution in [3.63, 3.8) is 0 Å². The second-order valence-corrected chi connectivity index (χ2v) is 6.67. The Morgan fingerprint density at radius 3 is 2.53 bits per heavy atom. The van der Waals surface area contributed by atoms with Gasteiger partial charge >= 0.3 is 0 Å². The van der Waals surface area contributed by atoms with E-state index in [-0.39, 0.29) is 17.4 Å². The average Bonchev–Trinajstić information content (AvgIpc) is 2.93. The van der Waals surface area contributed by atoms with E-state index in [0.29, 0.717) is 11.8 Å². The Morgan fingerprint density at radius 2 is 1.95 bits per heavy atom. The molecule has 2 aliphatic carbocycles. The third-order valence-electron chi connectivity index (χ3n) is 4.79. The molecule has 0 bridgehead atoms. The largest absolute Gasteiger partial charge is 0.346 e. The van der Waals surface area contributed by atoms with Crippen LogP contribution < -0.4 is 5.32 Å². The predicted molar refractivity (Wildman–Crippen MR) is 80.1 cm³/mol. The minimum Gasteiger partial charge on any atom is -0.346 e. The van der Waals surface area contributed by atoms with Gasteiger partial charge in [-0.1, -0.05) is 52.7 Å². The summed E-state index contributed by atoms with van der Waals surface area (Å²) in [6.45, 7) is 2.09. The Balaban J connectivity index is 1.71. The van der Waals surface area contributed by atoms with Crippen molar-refractivity contribution < 1.29 is 4.79 Å². The highest BCUT2D eigenvalue weighted by molar-refractivity contribution is 9.09. The van der Waals surface area contributed by atoms with Gasteiger partial charge in [-0.25, -0.2) is 0 Å². The molecule has 0 spiro atoms. The molecule has 102 valence electrons. The van der Waals surface area contributed by atoms with Crippen LogP contribution in [0.15, 0.2) is 30.3 Å². The van der Waals surface area contributed by atoms with Gasteiger partial charge in [0.15, 0.2) is 0 Å². The van der Waals surface area contributed by atoms with Gasteiger partial charge in [0.2, 0.25) is 5.91 Å². The van der Waals surface area contributed by atoms with Crippen LogP contribution in [0.1, 0.15) is 31.7 Å². The summed E-state index contributed by atoms with van der Waals surface area (Å²) in [6.07, 6.45) is 3.81. The molecule has 3 atom stereocenters. The maximum atomic E-state index is 12.4. The Kier molecular flexibility index (Phi) is 3.42. The molecule has 2 saturated carbocycles. The fraction of sp³-hybridized carbons (Fsp3) is 0.562. The van der Waals surface area contributed by atoms with Gasteiger partial charge in [-0.3, -0.25) is 4.79 Å². The number of halogens is 1. The van der Waals surface area contributed by atoms with E-state index in [4.69, 9.17) is 0 Å². The third kappa shape index (κ3) is 2.33. The summed E-state index contributed by atoms with van der Waals surface area (Å²) in [5.74, 6) is 1.89. The van der Waals surface area contributed by atoms with Crippen molar-refractivity contribution >= 4 is 21.8 Å². The van der Waals surface area contributed by atoms with Crippen LogP contribution in [0.5, 0.6) is 0 Å². The monoisotopic (exact) mass is 321 g/mol. The molecule has 0 aliphatic heterocycles. The van der Waals surface area contributed by atoms with Crippen molar-refractivity contribution in [3.05, 3.63) is 35.9 Å². The topological polar surface area (TPSA) is 29.1 Å². The second kappa shape index (κ2) is 4.93. The summed E-state index contributed by atoms with van der Waals surface area (Å²) in [5, 5.41) is 4.00. The summed E-state index contributed by atoms with van der Waals surface area (Å²) in [7, 11) is 0. The van der Waals surface area contributed by atoms with Crippen molar-refractivity contribution in [2.75, 3.05) is 5.33 Å². The van der Waals surface area contributed by atoms with E-state index in [1.54, 1.807) is 0 Å². The molecular formula is C16H20BrNO. The number of carbonyl (C=O) groups excluding carboxylic acids is 1. The zero-order valence-electron chi connectivity index (χ0n) is 11.2. The van der Waals surface area contributed by atoms with E-state index < -0.39 is 0 Å². The summed E-state index contributed by atoms with van der Waals surface area (Å²) < 4.78 is 0. The summed E-state index contributed by atoms with van der Waals surface area (Å²) >= 11 is 3.55. The molecule has 1 amide bonds. The number of carbonyl (C=O) groups is 1. The Bertz CT molecular complexity index is 465. The van der Waals surface area contributed by atoms with Crippen LogP contribution in [0.25, 0.3) is 0 Å². The highest BCUT2D eigenvalue weighted by Crippen LogP contribution is 2.57. The van der Waals surface area contributed by atoms with Crippen LogP contribution in [-0.2, 0) is 10.3 Å². The number of hydrogen-bond donors (Lipinski definition) is 1. The molecule has 1 aromatic carbocycles. The molecule has 0 aromatic heterocycles. The second-order valence-electron chi connectivity index (χ2n) is 6.11. The van der Waals surface area contributed by atoms with E-state index in [1.165, 1.54) is 19.3 Å². The molecule has 3 heteroatoms. The number of amides is 1. The number of nitrogens with one attached hydrogen (secondary N) is 1. The molecule has 2 aliphatic rings. The first-order chi connectivity index (χ1) is 9.15. The van der Waals surface area contributed by atoms with Crippen molar-refractivity contribution in [2.45, 2.75) is 31.7 Å². The van der Waals surface area contributed by atoms with Crippen LogP contribution in [0, 0.1) is 17.8 Å². The molecule has 0 saturated heterocycles. The normalized spacial score (nSPS) is 31.4. The predicted octanol–water partition coefficient (Wildman–Crippen LogP) is 3.46. The van der Waals surface area contributed by atoms with Crippen molar-refractivity contribution in [3.8, 4) is 0 Å². The fourth-order valence-electron chi connectivity index (χ4n) is 3.55. The number of fused-ring (bicyclic) bond motifs is 1. The summed E-state index contributed by atoms with van der Waals surface area (Å²) in [4.78, 5) is 12.4. The lowest BCUT2D eigenvalue weighted by atomic mass is 9.93. The first-order valence-electron chi connectivity index (χ1n) is 7.09. The maximum absolute atomic E-state index is 12.4. The minimum atomic E-state index is -0.310. The molecule has 2 nitrogen and oxygen atoms in total. The Hall–Kier alpha value is -0.830. The van der Waals surface area contributed by atoms with Crippen LogP contribution in [0.4, 0.5) is 0 Å². The van der Waals surface area contributed by atoms with Gasteiger partial charge < -0.3 is 5.32 Å². The van der Waals surface area contributed by atoms with E-state index in [1.807, 2.05) is 18.2 Å². The number of alkyl halides is 1. The van der Waals surface area contributed by atoms with E-state index >= 15 is 0 Å². The average molecular weight is 322 g/mol. The molecule has 1 N–H and O–H groups in total. The summed E-state index contributed by atoms with van der Waals surface area (Å²) in [5.41, 5.74) is 0.848. The SMILES string of the molecule is CC(CBr)(NC(=O)C1C2CCCC21)c1ccccc1. The van der Waals surface area contributed by atoms with Gasteiger partial charge in [0.05, 0.1) is 5.54 Å². The minimum absolute atomic E-state index is 0.250. The lowest BCUT2D eigenvalue weighted by Crippen LogP contribution is -2.46.